The summed E-state index contributed by atoms with van der Waals surface area (Å²) in [4.78, 5) is 0. The second-order valence-electron chi connectivity index (χ2n) is 8.45. The van der Waals surface area contributed by atoms with Gasteiger partial charge in [-0.3, -0.25) is 0 Å². The highest BCUT2D eigenvalue weighted by atomic mass is 32.2. The second kappa shape index (κ2) is 9.11. The molecule has 0 unspecified atom stereocenters. The zero-order valence-electron chi connectivity index (χ0n) is 18.8. The summed E-state index contributed by atoms with van der Waals surface area (Å²) in [6, 6.07) is 12.4. The number of hydrogen-bond donors (Lipinski definition) is 1. The lowest BCUT2D eigenvalue weighted by atomic mass is 10.0. The van der Waals surface area contributed by atoms with E-state index in [-0.39, 0.29) is 11.6 Å². The first-order chi connectivity index (χ1) is 16.7. The molecule has 0 saturated heterocycles. The van der Waals surface area contributed by atoms with Crippen LogP contribution in [-0.2, 0) is 28.3 Å². The lowest BCUT2D eigenvalue weighted by Crippen LogP contribution is -2.40. The van der Waals surface area contributed by atoms with E-state index in [4.69, 9.17) is 4.74 Å². The van der Waals surface area contributed by atoms with E-state index in [9.17, 15) is 34.8 Å². The molecule has 0 radical (unpaired) electrons. The Morgan fingerprint density at radius 2 is 1.69 bits per heavy atom. The fraction of sp³-hybridized carbons (Fsp3) is 0.348. The maximum atomic E-state index is 12.8. The summed E-state index contributed by atoms with van der Waals surface area (Å²) in [5, 5.41) is 4.44. The number of aromatic nitrogens is 2. The van der Waals surface area contributed by atoms with Crippen LogP contribution in [0.25, 0.3) is 11.3 Å². The highest BCUT2D eigenvalue weighted by Gasteiger charge is 2.49. The first-order valence-electron chi connectivity index (χ1n) is 10.8. The largest absolute Gasteiger partial charge is 0.439 e. The predicted molar refractivity (Wildman–Crippen MR) is 119 cm³/mol. The number of sulfonamides is 1. The van der Waals surface area contributed by atoms with E-state index in [1.165, 1.54) is 16.8 Å². The van der Waals surface area contributed by atoms with E-state index in [0.717, 1.165) is 12.1 Å². The molecule has 0 aliphatic heterocycles. The summed E-state index contributed by atoms with van der Waals surface area (Å²) in [7, 11) is -4.60. The van der Waals surface area contributed by atoms with Crippen molar-refractivity contribution in [3.05, 3.63) is 65.7 Å². The van der Waals surface area contributed by atoms with Gasteiger partial charge in [-0.1, -0.05) is 18.2 Å². The molecule has 2 aromatic carbocycles. The van der Waals surface area contributed by atoms with Crippen molar-refractivity contribution in [1.82, 2.24) is 14.5 Å². The third-order valence-electron chi connectivity index (χ3n) is 5.61. The number of nitrogens with one attached hydrogen (secondary N) is 1. The molecule has 36 heavy (non-hydrogen) atoms. The van der Waals surface area contributed by atoms with Crippen molar-refractivity contribution >= 4 is 10.0 Å². The Morgan fingerprint density at radius 3 is 2.25 bits per heavy atom. The number of nitrogens with zero attached hydrogens (tertiary/aromatic N) is 2. The number of hydrogen-bond acceptors (Lipinski definition) is 4. The van der Waals surface area contributed by atoms with Gasteiger partial charge >= 0.3 is 12.4 Å². The third kappa shape index (κ3) is 6.01. The predicted octanol–water partition coefficient (Wildman–Crippen LogP) is 5.85. The zero-order valence-corrected chi connectivity index (χ0v) is 19.6. The quantitative estimate of drug-likeness (QED) is 0.369. The molecule has 13 heteroatoms. The molecule has 1 aliphatic carbocycles. The number of alkyl halides is 6. The lowest BCUT2D eigenvalue weighted by molar-refractivity contribution is -0.137. The molecule has 1 N–H and O–H groups in total. The molecular formula is C23H21F6N3O3S. The molecule has 0 amide bonds. The van der Waals surface area contributed by atoms with E-state index in [2.05, 4.69) is 9.82 Å². The average molecular weight is 533 g/mol. The van der Waals surface area contributed by atoms with Crippen molar-refractivity contribution in [1.29, 1.82) is 0 Å². The van der Waals surface area contributed by atoms with Gasteiger partial charge in [-0.15, -0.1) is 0 Å². The zero-order chi connectivity index (χ0) is 26.4. The normalized spacial score (nSPS) is 15.6. The van der Waals surface area contributed by atoms with Gasteiger partial charge < -0.3 is 4.74 Å². The lowest BCUT2D eigenvalue weighted by Gasteiger charge is -2.19. The number of aryl methyl sites for hydroxylation is 1. The molecular weight excluding hydrogens is 512 g/mol. The Kier molecular flexibility index (Phi) is 6.58. The van der Waals surface area contributed by atoms with Crippen LogP contribution in [0.1, 0.15) is 30.9 Å². The third-order valence-corrected chi connectivity index (χ3v) is 7.02. The van der Waals surface area contributed by atoms with Crippen LogP contribution in [0.3, 0.4) is 0 Å². The van der Waals surface area contributed by atoms with E-state index in [0.29, 0.717) is 36.2 Å². The molecule has 1 saturated carbocycles. The van der Waals surface area contributed by atoms with E-state index < -0.39 is 39.2 Å². The number of ether oxygens (including phenoxy) is 1. The summed E-state index contributed by atoms with van der Waals surface area (Å²) in [6.45, 7) is 2.18. The van der Waals surface area contributed by atoms with E-state index in [1.54, 1.807) is 37.3 Å². The van der Waals surface area contributed by atoms with Gasteiger partial charge in [0, 0.05) is 18.2 Å². The summed E-state index contributed by atoms with van der Waals surface area (Å²) >= 11 is 0. The Balaban J connectivity index is 1.57. The van der Waals surface area contributed by atoms with Gasteiger partial charge in [0.05, 0.1) is 16.8 Å². The van der Waals surface area contributed by atoms with Crippen molar-refractivity contribution in [2.24, 2.45) is 0 Å². The minimum Gasteiger partial charge on any atom is -0.439 e. The summed E-state index contributed by atoms with van der Waals surface area (Å²) in [6.07, 6.45) is -8.64. The van der Waals surface area contributed by atoms with Crippen molar-refractivity contribution in [3.8, 4) is 22.9 Å². The van der Waals surface area contributed by atoms with Crippen LogP contribution in [0.4, 0.5) is 26.3 Å². The maximum absolute atomic E-state index is 12.8. The average Bonchev–Trinajstić information content (AvgIpc) is 3.42. The van der Waals surface area contributed by atoms with Crippen LogP contribution in [0.15, 0.2) is 54.6 Å². The van der Waals surface area contributed by atoms with Gasteiger partial charge in [0.2, 0.25) is 15.9 Å². The van der Waals surface area contributed by atoms with Gasteiger partial charge in [-0.2, -0.15) is 31.4 Å². The number of rotatable bonds is 8. The number of benzene rings is 2. The molecule has 0 spiro atoms. The maximum Gasteiger partial charge on any atom is 0.416 e. The van der Waals surface area contributed by atoms with Gasteiger partial charge in [0.25, 0.3) is 0 Å². The minimum absolute atomic E-state index is 0.175. The smallest absolute Gasteiger partial charge is 0.416 e. The molecule has 1 aliphatic rings. The molecule has 1 aromatic heterocycles. The molecule has 3 aromatic rings. The second-order valence-corrected chi connectivity index (χ2v) is 10.2. The highest BCUT2D eigenvalue weighted by molar-refractivity contribution is 7.89. The highest BCUT2D eigenvalue weighted by Crippen LogP contribution is 2.47. The summed E-state index contributed by atoms with van der Waals surface area (Å²) in [5.41, 5.74) is -0.418. The first kappa shape index (κ1) is 26.0. The van der Waals surface area contributed by atoms with Gasteiger partial charge in [-0.05, 0) is 55.7 Å². The number of halogens is 6. The van der Waals surface area contributed by atoms with Crippen LogP contribution in [-0.4, -0.2) is 30.1 Å². The van der Waals surface area contributed by atoms with Crippen molar-refractivity contribution in [2.75, 3.05) is 5.75 Å². The van der Waals surface area contributed by atoms with Gasteiger partial charge in [0.15, 0.2) is 5.75 Å². The Bertz CT molecular complexity index is 1340. The van der Waals surface area contributed by atoms with Gasteiger partial charge in [-0.25, -0.2) is 17.8 Å². The van der Waals surface area contributed by atoms with Crippen molar-refractivity contribution in [3.63, 3.8) is 0 Å². The van der Waals surface area contributed by atoms with Crippen LogP contribution >= 0.6 is 0 Å². The molecule has 0 bridgehead atoms. The molecule has 6 nitrogen and oxygen atoms in total. The monoisotopic (exact) mass is 533 g/mol. The standard InChI is InChI=1S/C23H21F6N3O3S/c1-2-32-20(35-18-8-6-16(7-9-18)23(27,28)29)13-19(30-32)15-4-3-5-17(12-15)21(10-11-21)31-36(33,34)14-22(24,25)26/h3-9,12-13,31H,2,10-11,14H2,1H3. The van der Waals surface area contributed by atoms with Crippen LogP contribution < -0.4 is 9.46 Å². The first-order valence-corrected chi connectivity index (χ1v) is 12.5. The van der Waals surface area contributed by atoms with Crippen LogP contribution in [0.5, 0.6) is 11.6 Å². The van der Waals surface area contributed by atoms with Gasteiger partial charge in [0.1, 0.15) is 5.75 Å². The molecule has 194 valence electrons. The Morgan fingerprint density at radius 1 is 1.03 bits per heavy atom. The van der Waals surface area contributed by atoms with E-state index >= 15 is 0 Å². The van der Waals surface area contributed by atoms with Crippen molar-refractivity contribution < 1.29 is 39.5 Å². The topological polar surface area (TPSA) is 73.2 Å². The molecule has 1 heterocycles. The van der Waals surface area contributed by atoms with Crippen LogP contribution in [0, 0.1) is 0 Å². The fourth-order valence-corrected chi connectivity index (χ4v) is 5.20. The SMILES string of the molecule is CCn1nc(-c2cccc(C3(NS(=O)(=O)CC(F)(F)F)CC3)c2)cc1Oc1ccc(C(F)(F)F)cc1. The van der Waals surface area contributed by atoms with E-state index in [1.807, 2.05) is 0 Å². The van der Waals surface area contributed by atoms with Crippen molar-refractivity contribution in [2.45, 2.75) is 44.2 Å². The molecule has 1 fully saturated rings. The van der Waals surface area contributed by atoms with Crippen LogP contribution in [0.2, 0.25) is 0 Å². The molecule has 0 atom stereocenters. The summed E-state index contributed by atoms with van der Waals surface area (Å²) in [5.74, 6) is -1.52. The molecule has 4 rings (SSSR count). The Hall–Kier alpha value is -3.06. The Labute approximate surface area is 202 Å². The fourth-order valence-electron chi connectivity index (χ4n) is 3.78. The minimum atomic E-state index is -4.86. The summed E-state index contributed by atoms with van der Waals surface area (Å²) < 4.78 is 110.